The van der Waals surface area contributed by atoms with Crippen LogP contribution in [0.4, 0.5) is 0 Å². The first kappa shape index (κ1) is 13.3. The van der Waals surface area contributed by atoms with Crippen molar-refractivity contribution in [3.8, 4) is 0 Å². The highest BCUT2D eigenvalue weighted by atomic mass is 32.1. The second kappa shape index (κ2) is 6.73. The lowest BCUT2D eigenvalue weighted by molar-refractivity contribution is 0.0948. The van der Waals surface area contributed by atoms with E-state index in [0.717, 1.165) is 12.3 Å². The first-order valence-corrected chi connectivity index (χ1v) is 7.02. The molecule has 4 heteroatoms. The van der Waals surface area contributed by atoms with Crippen LogP contribution in [0.3, 0.4) is 0 Å². The maximum absolute atomic E-state index is 5.60. The van der Waals surface area contributed by atoms with Gasteiger partial charge in [-0.2, -0.15) is 0 Å². The fourth-order valence-electron chi connectivity index (χ4n) is 1.56. The predicted molar refractivity (Wildman–Crippen MR) is 73.5 cm³/mol. The van der Waals surface area contributed by atoms with Crippen molar-refractivity contribution in [3.63, 3.8) is 0 Å². The largest absolute Gasteiger partial charge is 0.467 e. The molecule has 2 aromatic heterocycles. The summed E-state index contributed by atoms with van der Waals surface area (Å²) >= 11 is 1.71. The third-order valence-electron chi connectivity index (χ3n) is 2.49. The van der Waals surface area contributed by atoms with Crippen molar-refractivity contribution in [2.45, 2.75) is 39.6 Å². The molecule has 0 bridgehead atoms. The summed E-state index contributed by atoms with van der Waals surface area (Å²) in [6.45, 7) is 6.28. The van der Waals surface area contributed by atoms with Gasteiger partial charge in [0, 0.05) is 23.0 Å². The average molecular weight is 265 g/mol. The Labute approximate surface area is 112 Å². The average Bonchev–Trinajstić information content (AvgIpc) is 2.97. The van der Waals surface area contributed by atoms with E-state index in [1.807, 2.05) is 12.1 Å². The van der Waals surface area contributed by atoms with Crippen LogP contribution in [0.1, 0.15) is 30.0 Å². The molecule has 2 aromatic rings. The molecule has 0 aliphatic heterocycles. The molecule has 0 saturated carbocycles. The molecule has 0 unspecified atom stereocenters. The summed E-state index contributed by atoms with van der Waals surface area (Å²) < 4.78 is 11.1. The molecule has 0 atom stereocenters. The molecule has 0 amide bonds. The van der Waals surface area contributed by atoms with Gasteiger partial charge in [-0.1, -0.05) is 19.9 Å². The molecule has 0 aliphatic rings. The number of hydrogen-bond donors (Lipinski definition) is 1. The van der Waals surface area contributed by atoms with Crippen molar-refractivity contribution in [3.05, 3.63) is 46.0 Å². The predicted octanol–water partition coefficient (Wildman–Crippen LogP) is 3.56. The molecular weight excluding hydrogens is 246 g/mol. The minimum absolute atomic E-state index is 0.485. The minimum Gasteiger partial charge on any atom is -0.467 e. The Morgan fingerprint density at radius 3 is 3.00 bits per heavy atom. The molecule has 0 fully saturated rings. The smallest absolute Gasteiger partial charge is 0.129 e. The quantitative estimate of drug-likeness (QED) is 0.831. The first-order valence-electron chi connectivity index (χ1n) is 6.14. The van der Waals surface area contributed by atoms with Crippen molar-refractivity contribution in [1.29, 1.82) is 0 Å². The van der Waals surface area contributed by atoms with Gasteiger partial charge in [-0.15, -0.1) is 11.3 Å². The molecule has 2 rings (SSSR count). The molecule has 0 saturated heterocycles. The Balaban J connectivity index is 1.73. The van der Waals surface area contributed by atoms with Gasteiger partial charge in [0.15, 0.2) is 0 Å². The number of ether oxygens (including phenoxy) is 1. The van der Waals surface area contributed by atoms with E-state index in [4.69, 9.17) is 9.15 Å². The second-order valence-electron chi connectivity index (χ2n) is 4.53. The lowest BCUT2D eigenvalue weighted by Gasteiger charge is -2.04. The highest BCUT2D eigenvalue weighted by Gasteiger charge is 2.03. The Morgan fingerprint density at radius 2 is 2.28 bits per heavy atom. The van der Waals surface area contributed by atoms with Crippen molar-refractivity contribution >= 4 is 11.3 Å². The van der Waals surface area contributed by atoms with Gasteiger partial charge in [0.25, 0.3) is 0 Å². The summed E-state index contributed by atoms with van der Waals surface area (Å²) in [6.07, 6.45) is 1.79. The topological polar surface area (TPSA) is 34.4 Å². The van der Waals surface area contributed by atoms with Crippen molar-refractivity contribution in [2.75, 3.05) is 0 Å². The molecule has 0 aromatic carbocycles. The fraction of sp³-hybridized carbons (Fsp3) is 0.429. The van der Waals surface area contributed by atoms with Crippen LogP contribution in [-0.4, -0.2) is 6.04 Å². The number of furan rings is 1. The van der Waals surface area contributed by atoms with Crippen LogP contribution in [0.5, 0.6) is 0 Å². The van der Waals surface area contributed by atoms with Crippen molar-refractivity contribution in [1.82, 2.24) is 5.32 Å². The van der Waals surface area contributed by atoms with Crippen LogP contribution < -0.4 is 5.32 Å². The molecule has 3 nitrogen and oxygen atoms in total. The van der Waals surface area contributed by atoms with Gasteiger partial charge in [-0.25, -0.2) is 0 Å². The zero-order chi connectivity index (χ0) is 12.8. The van der Waals surface area contributed by atoms with E-state index in [9.17, 15) is 0 Å². The number of nitrogens with one attached hydrogen (secondary N) is 1. The molecule has 0 spiro atoms. The molecule has 18 heavy (non-hydrogen) atoms. The van der Waals surface area contributed by atoms with Crippen LogP contribution in [0.25, 0.3) is 0 Å². The summed E-state index contributed by atoms with van der Waals surface area (Å²) in [5.74, 6) is 0.882. The van der Waals surface area contributed by atoms with Gasteiger partial charge in [-0.05, 0) is 17.5 Å². The first-order chi connectivity index (χ1) is 8.74. The number of thiophene rings is 1. The lowest BCUT2D eigenvalue weighted by Crippen LogP contribution is -2.21. The summed E-state index contributed by atoms with van der Waals surface area (Å²) in [5.41, 5.74) is 1.17. The maximum Gasteiger partial charge on any atom is 0.129 e. The fourth-order valence-corrected chi connectivity index (χ4v) is 2.20. The van der Waals surface area contributed by atoms with Gasteiger partial charge in [-0.3, -0.25) is 0 Å². The van der Waals surface area contributed by atoms with E-state index >= 15 is 0 Å². The van der Waals surface area contributed by atoms with Gasteiger partial charge in [0.2, 0.25) is 0 Å². The van der Waals surface area contributed by atoms with E-state index in [2.05, 4.69) is 30.6 Å². The zero-order valence-electron chi connectivity index (χ0n) is 10.8. The van der Waals surface area contributed by atoms with Crippen LogP contribution in [0, 0.1) is 0 Å². The van der Waals surface area contributed by atoms with Crippen molar-refractivity contribution < 1.29 is 9.15 Å². The highest BCUT2D eigenvalue weighted by Crippen LogP contribution is 2.13. The van der Waals surface area contributed by atoms with Crippen LogP contribution >= 0.6 is 11.3 Å². The Kier molecular flexibility index (Phi) is 4.99. The minimum atomic E-state index is 0.485. The van der Waals surface area contributed by atoms with Crippen LogP contribution in [-0.2, 0) is 24.5 Å². The Morgan fingerprint density at radius 1 is 1.39 bits per heavy atom. The monoisotopic (exact) mass is 265 g/mol. The molecule has 0 radical (unpaired) electrons. The lowest BCUT2D eigenvalue weighted by atomic mass is 10.3. The second-order valence-corrected chi connectivity index (χ2v) is 5.56. The van der Waals surface area contributed by atoms with Gasteiger partial charge in [0.05, 0.1) is 12.9 Å². The van der Waals surface area contributed by atoms with E-state index in [-0.39, 0.29) is 0 Å². The summed E-state index contributed by atoms with van der Waals surface area (Å²) in [6, 6.07) is 6.64. The van der Waals surface area contributed by atoms with Gasteiger partial charge >= 0.3 is 0 Å². The number of hydrogen-bond acceptors (Lipinski definition) is 4. The van der Waals surface area contributed by atoms with Crippen LogP contribution in [0.15, 0.2) is 34.3 Å². The molecule has 2 heterocycles. The van der Waals surface area contributed by atoms with Crippen LogP contribution in [0.2, 0.25) is 0 Å². The summed E-state index contributed by atoms with van der Waals surface area (Å²) in [5, 5.41) is 5.41. The van der Waals surface area contributed by atoms with E-state index in [1.54, 1.807) is 17.6 Å². The SMILES string of the molecule is CC(C)NCc1coc(COCc2cccs2)c1. The molecule has 1 N–H and O–H groups in total. The maximum atomic E-state index is 5.60. The summed E-state index contributed by atoms with van der Waals surface area (Å²) in [7, 11) is 0. The molecule has 98 valence electrons. The van der Waals surface area contributed by atoms with E-state index < -0.39 is 0 Å². The third kappa shape index (κ3) is 4.29. The van der Waals surface area contributed by atoms with E-state index in [1.165, 1.54) is 10.4 Å². The third-order valence-corrected chi connectivity index (χ3v) is 3.34. The summed E-state index contributed by atoms with van der Waals surface area (Å²) in [4.78, 5) is 1.24. The van der Waals surface area contributed by atoms with Crippen molar-refractivity contribution in [2.24, 2.45) is 0 Å². The van der Waals surface area contributed by atoms with E-state index in [0.29, 0.717) is 19.3 Å². The van der Waals surface area contributed by atoms with Gasteiger partial charge < -0.3 is 14.5 Å². The molecule has 0 aliphatic carbocycles. The molecular formula is C14H19NO2S. The zero-order valence-corrected chi connectivity index (χ0v) is 11.6. The normalized spacial score (nSPS) is 11.3. The number of rotatable bonds is 7. The Bertz CT molecular complexity index is 448. The van der Waals surface area contributed by atoms with Gasteiger partial charge in [0.1, 0.15) is 12.4 Å². The highest BCUT2D eigenvalue weighted by molar-refractivity contribution is 7.09. The Hall–Kier alpha value is -1.10. The standard InChI is InChI=1S/C14H19NO2S/c1-11(2)15-7-12-6-13(17-8-12)9-16-10-14-4-3-5-18-14/h3-6,8,11,15H,7,9-10H2,1-2H3.